The Morgan fingerprint density at radius 3 is 2.56 bits per heavy atom. The lowest BCUT2D eigenvalue weighted by molar-refractivity contribution is -0.306. The average Bonchev–Trinajstić information content (AvgIpc) is 2.61. The number of benzene rings is 1. The van der Waals surface area contributed by atoms with Crippen LogP contribution in [0.5, 0.6) is 5.75 Å². The standard InChI is InChI=1S/C19H25NO7/c1-9-12(7-6-10-11(20-4)8-13(21)26-16(9)10)25-18-15(23)14(22)17(24-5)19(2,3)27-18/h6-8,14-15,17-18,20,22-23H,1-5H3/t14-,15+,17+,18+/m0/s1. The molecule has 1 aromatic carbocycles. The largest absolute Gasteiger partial charge is 0.462 e. The van der Waals surface area contributed by atoms with Gasteiger partial charge in [0.2, 0.25) is 6.29 Å². The van der Waals surface area contributed by atoms with Gasteiger partial charge in [-0.05, 0) is 32.9 Å². The summed E-state index contributed by atoms with van der Waals surface area (Å²) in [7, 11) is 3.16. The fourth-order valence-electron chi connectivity index (χ4n) is 3.51. The van der Waals surface area contributed by atoms with E-state index in [4.69, 9.17) is 18.6 Å². The van der Waals surface area contributed by atoms with Crippen LogP contribution in [-0.2, 0) is 9.47 Å². The van der Waals surface area contributed by atoms with E-state index >= 15 is 0 Å². The highest BCUT2D eigenvalue weighted by Crippen LogP contribution is 2.35. The van der Waals surface area contributed by atoms with E-state index in [-0.39, 0.29) is 0 Å². The molecule has 1 saturated heterocycles. The van der Waals surface area contributed by atoms with Crippen LogP contribution in [0.25, 0.3) is 11.0 Å². The Kier molecular flexibility index (Phi) is 5.18. The van der Waals surface area contributed by atoms with E-state index in [1.165, 1.54) is 13.2 Å². The Balaban J connectivity index is 1.97. The van der Waals surface area contributed by atoms with Crippen LogP contribution in [0.4, 0.5) is 5.69 Å². The van der Waals surface area contributed by atoms with E-state index in [1.54, 1.807) is 40.0 Å². The smallest absolute Gasteiger partial charge is 0.338 e. The molecule has 0 amide bonds. The van der Waals surface area contributed by atoms with Gasteiger partial charge in [-0.15, -0.1) is 0 Å². The van der Waals surface area contributed by atoms with Crippen molar-refractivity contribution in [3.05, 3.63) is 34.2 Å². The molecule has 148 valence electrons. The van der Waals surface area contributed by atoms with Gasteiger partial charge in [-0.3, -0.25) is 0 Å². The summed E-state index contributed by atoms with van der Waals surface area (Å²) in [6.07, 6.45) is -4.31. The van der Waals surface area contributed by atoms with E-state index in [0.29, 0.717) is 22.6 Å². The van der Waals surface area contributed by atoms with Crippen molar-refractivity contribution in [2.45, 2.75) is 51.0 Å². The van der Waals surface area contributed by atoms with Crippen LogP contribution in [0.15, 0.2) is 27.4 Å². The first-order valence-corrected chi connectivity index (χ1v) is 8.68. The molecule has 1 fully saturated rings. The lowest BCUT2D eigenvalue weighted by Gasteiger charge is -2.46. The average molecular weight is 379 g/mol. The normalized spacial score (nSPS) is 27.5. The molecule has 1 aliphatic rings. The van der Waals surface area contributed by atoms with Gasteiger partial charge >= 0.3 is 5.63 Å². The SMILES string of the molecule is CNc1cc(=O)oc2c(C)c(O[C@@H]3OC(C)(C)[C@H](OC)[C@@H](O)[C@H]3O)ccc12. The summed E-state index contributed by atoms with van der Waals surface area (Å²) in [5.74, 6) is 0.377. The maximum Gasteiger partial charge on any atom is 0.338 e. The minimum atomic E-state index is -1.31. The van der Waals surface area contributed by atoms with Crippen molar-refractivity contribution >= 4 is 16.7 Å². The monoisotopic (exact) mass is 379 g/mol. The van der Waals surface area contributed by atoms with Gasteiger partial charge in [0.15, 0.2) is 0 Å². The number of ether oxygens (including phenoxy) is 3. The van der Waals surface area contributed by atoms with Crippen LogP contribution in [0, 0.1) is 6.92 Å². The summed E-state index contributed by atoms with van der Waals surface area (Å²) < 4.78 is 22.3. The predicted molar refractivity (Wildman–Crippen MR) is 99.2 cm³/mol. The van der Waals surface area contributed by atoms with E-state index in [2.05, 4.69) is 5.32 Å². The molecule has 0 aliphatic carbocycles. The van der Waals surface area contributed by atoms with Crippen molar-refractivity contribution in [2.75, 3.05) is 19.5 Å². The highest BCUT2D eigenvalue weighted by atomic mass is 16.7. The fourth-order valence-corrected chi connectivity index (χ4v) is 3.51. The van der Waals surface area contributed by atoms with Gasteiger partial charge in [0.25, 0.3) is 0 Å². The number of rotatable bonds is 4. The van der Waals surface area contributed by atoms with Gasteiger partial charge in [0.1, 0.15) is 29.6 Å². The molecule has 0 bridgehead atoms. The van der Waals surface area contributed by atoms with Crippen LogP contribution < -0.4 is 15.7 Å². The van der Waals surface area contributed by atoms with Gasteiger partial charge in [-0.1, -0.05) is 0 Å². The Morgan fingerprint density at radius 2 is 1.93 bits per heavy atom. The van der Waals surface area contributed by atoms with Crippen LogP contribution in [0.3, 0.4) is 0 Å². The molecular weight excluding hydrogens is 354 g/mol. The molecule has 0 saturated carbocycles. The summed E-state index contributed by atoms with van der Waals surface area (Å²) in [5.41, 5.74) is 0.238. The summed E-state index contributed by atoms with van der Waals surface area (Å²) in [6, 6.07) is 4.83. The molecule has 0 unspecified atom stereocenters. The van der Waals surface area contributed by atoms with Crippen LogP contribution in [0.1, 0.15) is 19.4 Å². The van der Waals surface area contributed by atoms with Crippen molar-refractivity contribution in [1.29, 1.82) is 0 Å². The zero-order valence-electron chi connectivity index (χ0n) is 16.0. The Labute approximate surface area is 156 Å². The Morgan fingerprint density at radius 1 is 1.22 bits per heavy atom. The second-order valence-electron chi connectivity index (χ2n) is 7.14. The van der Waals surface area contributed by atoms with Gasteiger partial charge in [-0.25, -0.2) is 4.79 Å². The molecular formula is C19H25NO7. The Hall–Kier alpha value is -2.13. The number of nitrogens with one attached hydrogen (secondary N) is 1. The third-order valence-electron chi connectivity index (χ3n) is 4.92. The van der Waals surface area contributed by atoms with Crippen LogP contribution >= 0.6 is 0 Å². The quantitative estimate of drug-likeness (QED) is 0.684. The van der Waals surface area contributed by atoms with Gasteiger partial charge in [0, 0.05) is 31.2 Å². The zero-order chi connectivity index (χ0) is 19.9. The molecule has 1 aliphatic heterocycles. The first-order valence-electron chi connectivity index (χ1n) is 8.68. The zero-order valence-corrected chi connectivity index (χ0v) is 16.0. The van der Waals surface area contributed by atoms with Crippen molar-refractivity contribution in [1.82, 2.24) is 0 Å². The number of anilines is 1. The maximum atomic E-state index is 11.8. The second-order valence-corrected chi connectivity index (χ2v) is 7.14. The first kappa shape index (κ1) is 19.6. The number of hydrogen-bond donors (Lipinski definition) is 3. The molecule has 3 rings (SSSR count). The lowest BCUT2D eigenvalue weighted by atomic mass is 9.89. The van der Waals surface area contributed by atoms with E-state index < -0.39 is 35.8 Å². The molecule has 2 aromatic rings. The molecule has 0 radical (unpaired) electrons. The third kappa shape index (κ3) is 3.41. The minimum absolute atomic E-state index is 0.377. The summed E-state index contributed by atoms with van der Waals surface area (Å²) in [6.45, 7) is 5.24. The van der Waals surface area contributed by atoms with E-state index in [1.807, 2.05) is 0 Å². The number of aryl methyl sites for hydroxylation is 1. The van der Waals surface area contributed by atoms with Gasteiger partial charge in [0.05, 0.1) is 11.3 Å². The third-order valence-corrected chi connectivity index (χ3v) is 4.92. The van der Waals surface area contributed by atoms with E-state index in [9.17, 15) is 15.0 Å². The molecule has 8 nitrogen and oxygen atoms in total. The highest BCUT2D eigenvalue weighted by molar-refractivity contribution is 5.92. The number of fused-ring (bicyclic) bond motifs is 1. The van der Waals surface area contributed by atoms with Crippen molar-refractivity contribution in [2.24, 2.45) is 0 Å². The van der Waals surface area contributed by atoms with Crippen LogP contribution in [-0.4, -0.2) is 54.6 Å². The predicted octanol–water partition coefficient (Wildman–Crippen LogP) is 1.39. The molecule has 2 heterocycles. The first-order chi connectivity index (χ1) is 12.7. The highest BCUT2D eigenvalue weighted by Gasteiger charge is 2.50. The second kappa shape index (κ2) is 7.12. The molecule has 3 N–H and O–H groups in total. The minimum Gasteiger partial charge on any atom is -0.462 e. The number of methoxy groups -OCH3 is 1. The number of hydrogen-bond acceptors (Lipinski definition) is 8. The topological polar surface area (TPSA) is 110 Å². The Bertz CT molecular complexity index is 891. The number of aliphatic hydroxyl groups is 2. The van der Waals surface area contributed by atoms with Crippen molar-refractivity contribution in [3.63, 3.8) is 0 Å². The summed E-state index contributed by atoms with van der Waals surface area (Å²) in [4.78, 5) is 11.8. The molecule has 1 aromatic heterocycles. The van der Waals surface area contributed by atoms with Crippen LogP contribution in [0.2, 0.25) is 0 Å². The van der Waals surface area contributed by atoms with E-state index in [0.717, 1.165) is 5.39 Å². The van der Waals surface area contributed by atoms with Gasteiger partial charge < -0.3 is 34.2 Å². The lowest BCUT2D eigenvalue weighted by Crippen LogP contribution is -2.63. The van der Waals surface area contributed by atoms with Crippen molar-refractivity contribution in [3.8, 4) is 5.75 Å². The molecule has 0 spiro atoms. The molecule has 27 heavy (non-hydrogen) atoms. The van der Waals surface area contributed by atoms with Gasteiger partial charge in [-0.2, -0.15) is 0 Å². The molecule has 8 heteroatoms. The molecule has 4 atom stereocenters. The summed E-state index contributed by atoms with van der Waals surface area (Å²) >= 11 is 0. The van der Waals surface area contributed by atoms with Crippen molar-refractivity contribution < 1.29 is 28.8 Å². The number of aliphatic hydroxyl groups excluding tert-OH is 2. The summed E-state index contributed by atoms with van der Waals surface area (Å²) in [5, 5.41) is 24.5. The maximum absolute atomic E-state index is 11.8. The fraction of sp³-hybridized carbons (Fsp3) is 0.526.